The van der Waals surface area contributed by atoms with Gasteiger partial charge in [0.25, 0.3) is 0 Å². The van der Waals surface area contributed by atoms with Crippen LogP contribution in [0.2, 0.25) is 4.44 Å². The monoisotopic (exact) mass is 330 g/mol. The zero-order valence-electron chi connectivity index (χ0n) is 10.0. The molecule has 0 heterocycles. The van der Waals surface area contributed by atoms with Gasteiger partial charge in [-0.2, -0.15) is 0 Å². The van der Waals surface area contributed by atoms with Gasteiger partial charge in [0.15, 0.2) is 0 Å². The molecule has 2 radical (unpaired) electrons. The predicted octanol–water partition coefficient (Wildman–Crippen LogP) is 3.92. The zero-order chi connectivity index (χ0) is 11.9. The molecule has 0 unspecified atom stereocenters. The molecule has 2 aromatic carbocycles. The molecule has 0 N–H and O–H groups in total. The van der Waals surface area contributed by atoms with Crippen LogP contribution in [-0.4, -0.2) is 22.5 Å². The Bertz CT molecular complexity index is 382. The van der Waals surface area contributed by atoms with Crippen LogP contribution < -0.4 is 0 Å². The van der Waals surface area contributed by atoms with E-state index in [4.69, 9.17) is 0 Å². The fourth-order valence-electron chi connectivity index (χ4n) is 2.22. The predicted molar refractivity (Wildman–Crippen MR) is 75.9 cm³/mol. The van der Waals surface area contributed by atoms with E-state index in [1.54, 1.807) is 0 Å². The summed E-state index contributed by atoms with van der Waals surface area (Å²) in [6.07, 6.45) is 2.62. The van der Waals surface area contributed by atoms with E-state index in [0.29, 0.717) is 5.92 Å². The van der Waals surface area contributed by atoms with Crippen molar-refractivity contribution in [1.29, 1.82) is 0 Å². The number of hydrogen-bond donors (Lipinski definition) is 0. The molecule has 17 heavy (non-hydrogen) atoms. The molecule has 86 valence electrons. The van der Waals surface area contributed by atoms with Gasteiger partial charge < -0.3 is 0 Å². The van der Waals surface area contributed by atoms with Crippen LogP contribution in [0.25, 0.3) is 0 Å². The molecule has 0 atom stereocenters. The first-order valence-corrected chi connectivity index (χ1v) is 8.55. The summed E-state index contributed by atoms with van der Waals surface area (Å²) in [6, 6.07) is 21.8. The molecule has 0 aliphatic rings. The summed E-state index contributed by atoms with van der Waals surface area (Å²) in [4.78, 5) is 0. The van der Waals surface area contributed by atoms with Crippen molar-refractivity contribution in [3.05, 3.63) is 71.8 Å². The Labute approximate surface area is 117 Å². The SMILES string of the molecule is [SnH][CH2]CCC(c1ccccc1)c1ccccc1. The van der Waals surface area contributed by atoms with Gasteiger partial charge in [-0.05, 0) is 0 Å². The maximum atomic E-state index is 2.25. The molecule has 1 heteroatoms. The second-order valence-corrected chi connectivity index (χ2v) is 5.95. The first-order chi connectivity index (χ1) is 8.42. The van der Waals surface area contributed by atoms with Crippen LogP contribution in [0.5, 0.6) is 0 Å². The standard InChI is InChI=1S/C16H17.Sn.H/c1-2-9-16(14-10-5-3-6-11-14)15-12-7-4-8-13-15;;/h3-8,10-13,16H,1-2,9H2;;. The van der Waals surface area contributed by atoms with E-state index in [2.05, 4.69) is 60.7 Å². The third kappa shape index (κ3) is 3.60. The van der Waals surface area contributed by atoms with Crippen molar-refractivity contribution >= 4 is 22.5 Å². The minimum absolute atomic E-state index is 0.574. The first-order valence-electron chi connectivity index (χ1n) is 6.22. The molecule has 0 fully saturated rings. The average Bonchev–Trinajstić information content (AvgIpc) is 2.42. The van der Waals surface area contributed by atoms with E-state index < -0.39 is 0 Å². The molecule has 2 aromatic rings. The third-order valence-corrected chi connectivity index (χ3v) is 4.27. The van der Waals surface area contributed by atoms with E-state index in [0.717, 1.165) is 0 Å². The number of benzene rings is 2. The normalized spacial score (nSPS) is 10.7. The molecule has 0 aliphatic heterocycles. The zero-order valence-corrected chi connectivity index (χ0v) is 13.3. The first kappa shape index (κ1) is 12.7. The van der Waals surface area contributed by atoms with Gasteiger partial charge in [-0.25, -0.2) is 0 Å². The number of rotatable bonds is 5. The van der Waals surface area contributed by atoms with Crippen LogP contribution >= 0.6 is 0 Å². The van der Waals surface area contributed by atoms with Crippen LogP contribution in [0.1, 0.15) is 29.9 Å². The quantitative estimate of drug-likeness (QED) is 0.730. The maximum absolute atomic E-state index is 2.25. The van der Waals surface area contributed by atoms with Gasteiger partial charge in [0.05, 0.1) is 0 Å². The van der Waals surface area contributed by atoms with Gasteiger partial charge in [-0.3, -0.25) is 0 Å². The van der Waals surface area contributed by atoms with E-state index in [-0.39, 0.29) is 0 Å². The molecule has 0 bridgehead atoms. The van der Waals surface area contributed by atoms with Crippen molar-refractivity contribution in [2.24, 2.45) is 0 Å². The second kappa shape index (κ2) is 6.85. The minimum atomic E-state index is 0.574. The van der Waals surface area contributed by atoms with Gasteiger partial charge in [0.2, 0.25) is 0 Å². The molecule has 0 saturated heterocycles. The molecular weight excluding hydrogens is 311 g/mol. The molecule has 0 saturated carbocycles. The summed E-state index contributed by atoms with van der Waals surface area (Å²) in [7, 11) is 0. The Kier molecular flexibility index (Phi) is 5.11. The molecule has 2 rings (SSSR count). The summed E-state index contributed by atoms with van der Waals surface area (Å²) in [5, 5.41) is 0. The van der Waals surface area contributed by atoms with Crippen molar-refractivity contribution < 1.29 is 0 Å². The Morgan fingerprint density at radius 3 is 1.65 bits per heavy atom. The second-order valence-electron chi connectivity index (χ2n) is 4.30. The van der Waals surface area contributed by atoms with Gasteiger partial charge in [-0.15, -0.1) is 0 Å². The fraction of sp³-hybridized carbons (Fsp3) is 0.250. The van der Waals surface area contributed by atoms with Gasteiger partial charge in [0.1, 0.15) is 0 Å². The Morgan fingerprint density at radius 1 is 0.765 bits per heavy atom. The molecule has 0 aromatic heterocycles. The third-order valence-electron chi connectivity index (χ3n) is 3.10. The van der Waals surface area contributed by atoms with Crippen molar-refractivity contribution in [2.45, 2.75) is 23.2 Å². The van der Waals surface area contributed by atoms with Crippen LogP contribution in [0, 0.1) is 0 Å². The molecule has 0 nitrogen and oxygen atoms in total. The summed E-state index contributed by atoms with van der Waals surface area (Å²) in [5.41, 5.74) is 2.90. The van der Waals surface area contributed by atoms with Crippen LogP contribution in [0.3, 0.4) is 0 Å². The van der Waals surface area contributed by atoms with Crippen molar-refractivity contribution in [3.63, 3.8) is 0 Å². The van der Waals surface area contributed by atoms with E-state index in [1.165, 1.54) is 50.9 Å². The van der Waals surface area contributed by atoms with Gasteiger partial charge >= 0.3 is 118 Å². The van der Waals surface area contributed by atoms with Crippen molar-refractivity contribution in [3.8, 4) is 0 Å². The summed E-state index contributed by atoms with van der Waals surface area (Å²) in [6.45, 7) is 0. The Hall–Kier alpha value is -0.761. The fourth-order valence-corrected chi connectivity index (χ4v) is 2.89. The van der Waals surface area contributed by atoms with Gasteiger partial charge in [-0.1, -0.05) is 0 Å². The van der Waals surface area contributed by atoms with E-state index in [1.807, 2.05) is 0 Å². The molecular formula is C16H18Sn. The molecule has 0 spiro atoms. The van der Waals surface area contributed by atoms with Crippen LogP contribution in [0.4, 0.5) is 0 Å². The Balaban J connectivity index is 2.26. The van der Waals surface area contributed by atoms with E-state index in [9.17, 15) is 0 Å². The summed E-state index contributed by atoms with van der Waals surface area (Å²) >= 11 is 1.38. The molecule has 0 aliphatic carbocycles. The van der Waals surface area contributed by atoms with Crippen LogP contribution in [-0.2, 0) is 0 Å². The van der Waals surface area contributed by atoms with E-state index >= 15 is 0 Å². The van der Waals surface area contributed by atoms with Crippen LogP contribution in [0.15, 0.2) is 60.7 Å². The topological polar surface area (TPSA) is 0 Å². The average molecular weight is 329 g/mol. The van der Waals surface area contributed by atoms with Gasteiger partial charge in [0, 0.05) is 0 Å². The van der Waals surface area contributed by atoms with Crippen molar-refractivity contribution in [2.75, 3.05) is 0 Å². The summed E-state index contributed by atoms with van der Waals surface area (Å²) < 4.78 is 1.39. The Morgan fingerprint density at radius 2 is 1.24 bits per heavy atom. The molecule has 0 amide bonds. The number of hydrogen-bond acceptors (Lipinski definition) is 0. The summed E-state index contributed by atoms with van der Waals surface area (Å²) in [5.74, 6) is 0.574. The van der Waals surface area contributed by atoms with Crippen molar-refractivity contribution in [1.82, 2.24) is 0 Å².